The number of hydrogen-bond acceptors (Lipinski definition) is 5. The van der Waals surface area contributed by atoms with Crippen LogP contribution in [0.2, 0.25) is 0 Å². The molecule has 6 nitrogen and oxygen atoms in total. The quantitative estimate of drug-likeness (QED) is 0.681. The van der Waals surface area contributed by atoms with Crippen LogP contribution in [0.3, 0.4) is 0 Å². The normalized spacial score (nSPS) is 10.6. The van der Waals surface area contributed by atoms with E-state index in [1.807, 2.05) is 49.6 Å². The molecule has 0 aliphatic rings. The predicted octanol–water partition coefficient (Wildman–Crippen LogP) is 2.78. The summed E-state index contributed by atoms with van der Waals surface area (Å²) in [6.45, 7) is 4.49. The molecule has 0 fully saturated rings. The number of carbonyl (C=O) groups excluding carboxylic acids is 1. The van der Waals surface area contributed by atoms with E-state index in [1.54, 1.807) is 17.4 Å². The number of carbonyl (C=O) groups is 1. The van der Waals surface area contributed by atoms with Crippen molar-refractivity contribution in [3.05, 3.63) is 69.3 Å². The second kappa shape index (κ2) is 8.64. The van der Waals surface area contributed by atoms with Gasteiger partial charge in [-0.2, -0.15) is 5.10 Å². The summed E-state index contributed by atoms with van der Waals surface area (Å²) < 4.78 is 6.89. The third kappa shape index (κ3) is 5.27. The summed E-state index contributed by atoms with van der Waals surface area (Å²) in [6.07, 6.45) is 0. The van der Waals surface area contributed by atoms with Gasteiger partial charge in [0.05, 0.1) is 11.4 Å². The van der Waals surface area contributed by atoms with Gasteiger partial charge in [-0.05, 0) is 54.6 Å². The molecule has 2 aromatic heterocycles. The highest BCUT2D eigenvalue weighted by Gasteiger charge is 2.06. The van der Waals surface area contributed by atoms with Crippen LogP contribution in [0.15, 0.2) is 52.6 Å². The van der Waals surface area contributed by atoms with Crippen molar-refractivity contribution in [2.45, 2.75) is 20.4 Å². The standard InChI is InChI=1S/C20H21N3O3S/c1-14-10-15(2)12-16(11-14)26-13-19(24)21-7-8-23-20(25)6-5-17(22-23)18-4-3-9-27-18/h3-6,9-12H,7-8,13H2,1-2H3,(H,21,24). The number of thiophene rings is 1. The fraction of sp³-hybridized carbons (Fsp3) is 0.250. The molecule has 0 saturated heterocycles. The summed E-state index contributed by atoms with van der Waals surface area (Å²) in [4.78, 5) is 24.9. The van der Waals surface area contributed by atoms with Crippen molar-refractivity contribution < 1.29 is 9.53 Å². The molecule has 0 saturated carbocycles. The Balaban J connectivity index is 1.51. The van der Waals surface area contributed by atoms with Crippen molar-refractivity contribution in [2.24, 2.45) is 0 Å². The number of nitrogens with zero attached hydrogens (tertiary/aromatic N) is 2. The zero-order valence-corrected chi connectivity index (χ0v) is 16.1. The Morgan fingerprint density at radius 1 is 1.19 bits per heavy atom. The average molecular weight is 383 g/mol. The van der Waals surface area contributed by atoms with Crippen molar-refractivity contribution in [1.29, 1.82) is 0 Å². The van der Waals surface area contributed by atoms with Crippen LogP contribution in [0.5, 0.6) is 5.75 Å². The van der Waals surface area contributed by atoms with Gasteiger partial charge in [-0.15, -0.1) is 11.3 Å². The molecule has 0 spiro atoms. The van der Waals surface area contributed by atoms with E-state index < -0.39 is 0 Å². The van der Waals surface area contributed by atoms with E-state index in [-0.39, 0.29) is 18.1 Å². The summed E-state index contributed by atoms with van der Waals surface area (Å²) in [5.41, 5.74) is 2.72. The maximum absolute atomic E-state index is 12.0. The number of rotatable bonds is 7. The summed E-state index contributed by atoms with van der Waals surface area (Å²) >= 11 is 1.56. The van der Waals surface area contributed by atoms with Gasteiger partial charge in [0.25, 0.3) is 11.5 Å². The maximum atomic E-state index is 12.0. The molecule has 0 aliphatic carbocycles. The third-order valence-corrected chi connectivity index (χ3v) is 4.74. The molecule has 0 bridgehead atoms. The first-order valence-corrected chi connectivity index (χ1v) is 9.49. The number of ether oxygens (including phenoxy) is 1. The monoisotopic (exact) mass is 383 g/mol. The second-order valence-electron chi connectivity index (χ2n) is 6.22. The molecule has 27 heavy (non-hydrogen) atoms. The lowest BCUT2D eigenvalue weighted by atomic mass is 10.1. The van der Waals surface area contributed by atoms with Gasteiger partial charge in [0, 0.05) is 12.6 Å². The molecule has 1 amide bonds. The molecule has 140 valence electrons. The molecular weight excluding hydrogens is 362 g/mol. The van der Waals surface area contributed by atoms with Crippen LogP contribution in [-0.4, -0.2) is 28.8 Å². The summed E-state index contributed by atoms with van der Waals surface area (Å²) in [7, 11) is 0. The fourth-order valence-electron chi connectivity index (χ4n) is 2.68. The van der Waals surface area contributed by atoms with Crippen LogP contribution >= 0.6 is 11.3 Å². The molecule has 0 aliphatic heterocycles. The molecular formula is C20H21N3O3S. The number of nitrogens with one attached hydrogen (secondary N) is 1. The summed E-state index contributed by atoms with van der Waals surface area (Å²) in [5.74, 6) is 0.431. The van der Waals surface area contributed by atoms with E-state index in [9.17, 15) is 9.59 Å². The lowest BCUT2D eigenvalue weighted by Crippen LogP contribution is -2.34. The lowest BCUT2D eigenvalue weighted by Gasteiger charge is -2.10. The predicted molar refractivity (Wildman–Crippen MR) is 106 cm³/mol. The van der Waals surface area contributed by atoms with E-state index in [0.29, 0.717) is 18.8 Å². The number of aryl methyl sites for hydroxylation is 2. The highest BCUT2D eigenvalue weighted by molar-refractivity contribution is 7.13. The zero-order chi connectivity index (χ0) is 19.2. The topological polar surface area (TPSA) is 73.2 Å². The molecule has 0 atom stereocenters. The molecule has 1 N–H and O–H groups in total. The number of aromatic nitrogens is 2. The Morgan fingerprint density at radius 3 is 2.67 bits per heavy atom. The van der Waals surface area contributed by atoms with Crippen LogP contribution in [0, 0.1) is 13.8 Å². The Bertz CT molecular complexity index is 960. The first kappa shape index (κ1) is 18.8. The Morgan fingerprint density at radius 2 is 1.96 bits per heavy atom. The molecule has 1 aromatic carbocycles. The van der Waals surface area contributed by atoms with Crippen LogP contribution in [-0.2, 0) is 11.3 Å². The average Bonchev–Trinajstić information content (AvgIpc) is 3.15. The molecule has 7 heteroatoms. The Hall–Kier alpha value is -2.93. The van der Waals surface area contributed by atoms with Crippen molar-refractivity contribution in [3.8, 4) is 16.3 Å². The number of benzene rings is 1. The van der Waals surface area contributed by atoms with Crippen molar-refractivity contribution >= 4 is 17.2 Å². The molecule has 0 radical (unpaired) electrons. The van der Waals surface area contributed by atoms with Crippen LogP contribution in [0.25, 0.3) is 10.6 Å². The maximum Gasteiger partial charge on any atom is 0.266 e. The first-order chi connectivity index (χ1) is 13.0. The van der Waals surface area contributed by atoms with E-state index in [4.69, 9.17) is 4.74 Å². The van der Waals surface area contributed by atoms with Gasteiger partial charge in [0.1, 0.15) is 11.4 Å². The molecule has 0 unspecified atom stereocenters. The van der Waals surface area contributed by atoms with E-state index in [0.717, 1.165) is 21.7 Å². The smallest absolute Gasteiger partial charge is 0.266 e. The van der Waals surface area contributed by atoms with Crippen molar-refractivity contribution in [3.63, 3.8) is 0 Å². The Kier molecular flexibility index (Phi) is 6.03. The second-order valence-corrected chi connectivity index (χ2v) is 7.17. The molecule has 3 aromatic rings. The minimum absolute atomic E-state index is 0.0690. The van der Waals surface area contributed by atoms with E-state index in [2.05, 4.69) is 10.4 Å². The summed E-state index contributed by atoms with van der Waals surface area (Å²) in [5, 5.41) is 9.07. The van der Waals surface area contributed by atoms with E-state index >= 15 is 0 Å². The minimum Gasteiger partial charge on any atom is -0.484 e. The largest absolute Gasteiger partial charge is 0.484 e. The van der Waals surface area contributed by atoms with Gasteiger partial charge in [0.15, 0.2) is 6.61 Å². The van der Waals surface area contributed by atoms with Gasteiger partial charge in [-0.25, -0.2) is 4.68 Å². The van der Waals surface area contributed by atoms with Crippen LogP contribution < -0.4 is 15.6 Å². The highest BCUT2D eigenvalue weighted by Crippen LogP contribution is 2.21. The fourth-order valence-corrected chi connectivity index (χ4v) is 3.37. The first-order valence-electron chi connectivity index (χ1n) is 8.61. The minimum atomic E-state index is -0.239. The lowest BCUT2D eigenvalue weighted by molar-refractivity contribution is -0.123. The van der Waals surface area contributed by atoms with Gasteiger partial charge >= 0.3 is 0 Å². The molecule has 2 heterocycles. The Labute approximate surface area is 161 Å². The van der Waals surface area contributed by atoms with E-state index in [1.165, 1.54) is 10.7 Å². The van der Waals surface area contributed by atoms with Gasteiger partial charge in [-0.3, -0.25) is 9.59 Å². The van der Waals surface area contributed by atoms with Gasteiger partial charge in [-0.1, -0.05) is 12.1 Å². The number of amides is 1. The van der Waals surface area contributed by atoms with Crippen molar-refractivity contribution in [1.82, 2.24) is 15.1 Å². The van der Waals surface area contributed by atoms with Gasteiger partial charge in [0.2, 0.25) is 0 Å². The number of hydrogen-bond donors (Lipinski definition) is 1. The van der Waals surface area contributed by atoms with Crippen molar-refractivity contribution in [2.75, 3.05) is 13.2 Å². The third-order valence-electron chi connectivity index (χ3n) is 3.85. The summed E-state index contributed by atoms with van der Waals surface area (Å²) in [6, 6.07) is 12.9. The van der Waals surface area contributed by atoms with Crippen LogP contribution in [0.1, 0.15) is 11.1 Å². The highest BCUT2D eigenvalue weighted by atomic mass is 32.1. The van der Waals surface area contributed by atoms with Gasteiger partial charge < -0.3 is 10.1 Å². The SMILES string of the molecule is Cc1cc(C)cc(OCC(=O)NCCn2nc(-c3cccs3)ccc2=O)c1. The zero-order valence-electron chi connectivity index (χ0n) is 15.3. The van der Waals surface area contributed by atoms with Crippen LogP contribution in [0.4, 0.5) is 0 Å². The molecule has 3 rings (SSSR count).